The number of nitrogens with one attached hydrogen (secondary N) is 2. The number of amides is 1. The van der Waals surface area contributed by atoms with Crippen LogP contribution in [0.1, 0.15) is 35.3 Å². The van der Waals surface area contributed by atoms with E-state index >= 15 is 0 Å². The second-order valence-corrected chi connectivity index (χ2v) is 6.90. The summed E-state index contributed by atoms with van der Waals surface area (Å²) in [6.07, 6.45) is -0.499. The summed E-state index contributed by atoms with van der Waals surface area (Å²) < 4.78 is 31.6. The molecule has 2 aromatic rings. The van der Waals surface area contributed by atoms with Crippen molar-refractivity contribution in [2.24, 2.45) is 16.5 Å². The van der Waals surface area contributed by atoms with Crippen molar-refractivity contribution in [1.82, 2.24) is 10.6 Å². The number of benzene rings is 2. The van der Waals surface area contributed by atoms with Gasteiger partial charge in [0, 0.05) is 31.2 Å². The van der Waals surface area contributed by atoms with E-state index in [9.17, 15) is 13.6 Å². The summed E-state index contributed by atoms with van der Waals surface area (Å²) in [5.41, 5.74) is 13.1. The van der Waals surface area contributed by atoms with Crippen LogP contribution >= 0.6 is 0 Å². The van der Waals surface area contributed by atoms with Gasteiger partial charge in [-0.1, -0.05) is 18.2 Å². The second-order valence-electron chi connectivity index (χ2n) is 6.90. The molecule has 0 bridgehead atoms. The van der Waals surface area contributed by atoms with Crippen LogP contribution in [0.15, 0.2) is 53.5 Å². The molecule has 2 unspecified atom stereocenters. The van der Waals surface area contributed by atoms with Gasteiger partial charge in [0.2, 0.25) is 0 Å². The lowest BCUT2D eigenvalue weighted by molar-refractivity contribution is 0.0974. The van der Waals surface area contributed by atoms with Gasteiger partial charge in [0.25, 0.3) is 5.91 Å². The van der Waals surface area contributed by atoms with E-state index in [1.807, 2.05) is 6.92 Å². The highest BCUT2D eigenvalue weighted by Crippen LogP contribution is 2.16. The van der Waals surface area contributed by atoms with Gasteiger partial charge in [-0.15, -0.1) is 0 Å². The quantitative estimate of drug-likeness (QED) is 0.386. The first-order chi connectivity index (χ1) is 14.3. The molecular formula is C21H27F2N5O2. The molecule has 0 aliphatic heterocycles. The third-order valence-corrected chi connectivity index (χ3v) is 4.21. The molecule has 0 aromatic heterocycles. The number of hydrogen-bond donors (Lipinski definition) is 4. The van der Waals surface area contributed by atoms with Gasteiger partial charge in [0.15, 0.2) is 5.96 Å². The fourth-order valence-corrected chi connectivity index (χ4v) is 2.76. The lowest BCUT2D eigenvalue weighted by atomic mass is 10.0. The third-order valence-electron chi connectivity index (χ3n) is 4.21. The van der Waals surface area contributed by atoms with E-state index in [0.29, 0.717) is 12.2 Å². The molecular weight excluding hydrogens is 392 g/mol. The first-order valence-corrected chi connectivity index (χ1v) is 9.45. The lowest BCUT2D eigenvalue weighted by Crippen LogP contribution is -2.47. The standard InChI is InChI=1S/C21H27F2N5O2/c1-13(12-30-2)26-21(28-20(29)15-4-3-5-17(23)10-15)27-19(25)11-18(24)14-6-8-16(22)9-7-14/h3-10,13,18-19H,11-12,24-25H2,1-2H3,(H2,26,27,28,29)/t13-,18?,19?/m0/s1. The molecule has 162 valence electrons. The Labute approximate surface area is 174 Å². The van der Waals surface area contributed by atoms with Gasteiger partial charge >= 0.3 is 0 Å². The summed E-state index contributed by atoms with van der Waals surface area (Å²) in [7, 11) is 1.55. The van der Waals surface area contributed by atoms with Crippen molar-refractivity contribution in [2.45, 2.75) is 31.6 Å². The molecule has 2 rings (SSSR count). The van der Waals surface area contributed by atoms with E-state index in [0.717, 1.165) is 6.07 Å². The Morgan fingerprint density at radius 3 is 2.47 bits per heavy atom. The number of hydrogen-bond acceptors (Lipinski definition) is 5. The predicted octanol–water partition coefficient (Wildman–Crippen LogP) is 2.05. The van der Waals surface area contributed by atoms with Gasteiger partial charge in [-0.25, -0.2) is 13.8 Å². The normalized spacial score (nSPS) is 14.7. The predicted molar refractivity (Wildman–Crippen MR) is 112 cm³/mol. The molecule has 2 aromatic carbocycles. The van der Waals surface area contributed by atoms with Crippen LogP contribution < -0.4 is 22.1 Å². The molecule has 3 atom stereocenters. The fourth-order valence-electron chi connectivity index (χ4n) is 2.76. The molecule has 0 spiro atoms. The van der Waals surface area contributed by atoms with Gasteiger partial charge < -0.3 is 21.5 Å². The molecule has 0 radical (unpaired) electrons. The van der Waals surface area contributed by atoms with E-state index < -0.39 is 23.9 Å². The zero-order valence-electron chi connectivity index (χ0n) is 16.9. The number of rotatable bonds is 8. The summed E-state index contributed by atoms with van der Waals surface area (Å²) in [6.45, 7) is 2.20. The number of methoxy groups -OCH3 is 1. The van der Waals surface area contributed by atoms with E-state index in [2.05, 4.69) is 15.6 Å². The Bertz CT molecular complexity index is 861. The highest BCUT2D eigenvalue weighted by Gasteiger charge is 2.16. The van der Waals surface area contributed by atoms with Crippen molar-refractivity contribution in [3.63, 3.8) is 0 Å². The Kier molecular flexibility index (Phi) is 8.85. The summed E-state index contributed by atoms with van der Waals surface area (Å²) >= 11 is 0. The Balaban J connectivity index is 2.12. The largest absolute Gasteiger partial charge is 0.383 e. The van der Waals surface area contributed by atoms with E-state index in [1.165, 1.54) is 30.3 Å². The first kappa shape index (κ1) is 23.4. The minimum absolute atomic E-state index is 0.118. The smallest absolute Gasteiger partial charge is 0.258 e. The number of ether oxygens (including phenoxy) is 1. The average Bonchev–Trinajstić information content (AvgIpc) is 2.68. The van der Waals surface area contributed by atoms with Crippen molar-refractivity contribution in [3.8, 4) is 0 Å². The number of carbonyl (C=O) groups is 1. The first-order valence-electron chi connectivity index (χ1n) is 9.45. The van der Waals surface area contributed by atoms with Gasteiger partial charge in [-0.05, 0) is 42.8 Å². The minimum Gasteiger partial charge on any atom is -0.383 e. The zero-order valence-corrected chi connectivity index (χ0v) is 16.9. The van der Waals surface area contributed by atoms with Gasteiger partial charge in [-0.3, -0.25) is 10.1 Å². The Hall–Kier alpha value is -2.88. The maximum Gasteiger partial charge on any atom is 0.258 e. The van der Waals surface area contributed by atoms with Gasteiger partial charge in [-0.2, -0.15) is 0 Å². The number of carbonyl (C=O) groups excluding carboxylic acids is 1. The molecule has 9 heteroatoms. The summed E-state index contributed by atoms with van der Waals surface area (Å²) in [6, 6.07) is 10.5. The Morgan fingerprint density at radius 2 is 1.83 bits per heavy atom. The number of aliphatic imine (C=N–C) groups is 1. The van der Waals surface area contributed by atoms with Crippen molar-refractivity contribution in [2.75, 3.05) is 13.7 Å². The summed E-state index contributed by atoms with van der Waals surface area (Å²) in [4.78, 5) is 16.8. The van der Waals surface area contributed by atoms with Crippen molar-refractivity contribution in [3.05, 3.63) is 71.3 Å². The van der Waals surface area contributed by atoms with Crippen LogP contribution in [0.3, 0.4) is 0 Å². The number of halogens is 2. The van der Waals surface area contributed by atoms with E-state index in [1.54, 1.807) is 19.2 Å². The topological polar surface area (TPSA) is 115 Å². The van der Waals surface area contributed by atoms with Crippen LogP contribution in [0.2, 0.25) is 0 Å². The third kappa shape index (κ3) is 7.51. The molecule has 0 aliphatic rings. The number of nitrogens with two attached hydrogens (primary N) is 2. The van der Waals surface area contributed by atoms with Crippen molar-refractivity contribution in [1.29, 1.82) is 0 Å². The average molecular weight is 419 g/mol. The highest BCUT2D eigenvalue weighted by atomic mass is 19.1. The minimum atomic E-state index is -0.755. The maximum absolute atomic E-state index is 13.4. The summed E-state index contributed by atoms with van der Waals surface area (Å²) in [5, 5.41) is 5.62. The molecule has 0 saturated heterocycles. The molecule has 0 heterocycles. The van der Waals surface area contributed by atoms with Gasteiger partial charge in [0.05, 0.1) is 6.61 Å². The number of nitrogens with zero attached hydrogens (tertiary/aromatic N) is 1. The van der Waals surface area contributed by atoms with Crippen LogP contribution in [0.5, 0.6) is 0 Å². The second kappa shape index (κ2) is 11.3. The van der Waals surface area contributed by atoms with E-state index in [4.69, 9.17) is 16.2 Å². The monoisotopic (exact) mass is 419 g/mol. The molecule has 1 amide bonds. The molecule has 0 fully saturated rings. The molecule has 7 nitrogen and oxygen atoms in total. The van der Waals surface area contributed by atoms with Crippen molar-refractivity contribution >= 4 is 11.9 Å². The number of guanidine groups is 1. The molecule has 0 saturated carbocycles. The Morgan fingerprint density at radius 1 is 1.13 bits per heavy atom. The fraction of sp³-hybridized carbons (Fsp3) is 0.333. The van der Waals surface area contributed by atoms with Crippen LogP contribution in [0.4, 0.5) is 8.78 Å². The SMILES string of the molecule is COC[C@H](C)NC(=NC(N)CC(N)c1ccc(F)cc1)NC(=O)c1cccc(F)c1. The maximum atomic E-state index is 13.4. The molecule has 0 aliphatic carbocycles. The highest BCUT2D eigenvalue weighted by molar-refractivity contribution is 6.05. The van der Waals surface area contributed by atoms with Gasteiger partial charge in [0.1, 0.15) is 17.8 Å². The zero-order chi connectivity index (χ0) is 22.1. The van der Waals surface area contributed by atoms with Crippen molar-refractivity contribution < 1.29 is 18.3 Å². The van der Waals surface area contributed by atoms with Crippen LogP contribution in [-0.2, 0) is 4.74 Å². The lowest BCUT2D eigenvalue weighted by Gasteiger charge is -2.20. The van der Waals surface area contributed by atoms with E-state index in [-0.39, 0.29) is 29.8 Å². The van der Waals surface area contributed by atoms with Crippen LogP contribution in [0, 0.1) is 11.6 Å². The molecule has 6 N–H and O–H groups in total. The van der Waals surface area contributed by atoms with Crippen LogP contribution in [0.25, 0.3) is 0 Å². The summed E-state index contributed by atoms with van der Waals surface area (Å²) in [5.74, 6) is -1.30. The van der Waals surface area contributed by atoms with Crippen LogP contribution in [-0.4, -0.2) is 37.8 Å². The molecule has 30 heavy (non-hydrogen) atoms.